The lowest BCUT2D eigenvalue weighted by Crippen LogP contribution is -2.05. The SMILES string of the molecule is Brc1cc(Br)c2c(c1)c1nc3ccccc3nc1n2Cc1ccccc1OCc1ccccc1. The first-order valence-corrected chi connectivity index (χ1v) is 12.5. The standard InChI is InChI=1S/C28H19Br2N3O/c29-20-14-21-26-28(32-24-12-6-5-11-23(24)31-26)33(27(21)22(30)15-20)16-19-10-4-7-13-25(19)34-17-18-8-2-1-3-9-18/h1-15H,16-17H2. The van der Waals surface area contributed by atoms with Gasteiger partial charge in [-0.3, -0.25) is 0 Å². The fourth-order valence-electron chi connectivity index (χ4n) is 4.32. The summed E-state index contributed by atoms with van der Waals surface area (Å²) in [6, 6.07) is 30.6. The summed E-state index contributed by atoms with van der Waals surface area (Å²) in [5.74, 6) is 0.864. The highest BCUT2D eigenvalue weighted by molar-refractivity contribution is 9.11. The normalized spacial score (nSPS) is 11.5. The number of hydrogen-bond acceptors (Lipinski definition) is 3. The van der Waals surface area contributed by atoms with Gasteiger partial charge in [0.05, 0.1) is 23.1 Å². The molecule has 0 N–H and O–H groups in total. The lowest BCUT2D eigenvalue weighted by molar-refractivity contribution is 0.302. The Hall–Kier alpha value is -3.22. The van der Waals surface area contributed by atoms with Gasteiger partial charge in [0.25, 0.3) is 0 Å². The summed E-state index contributed by atoms with van der Waals surface area (Å²) in [4.78, 5) is 10.0. The van der Waals surface area contributed by atoms with Gasteiger partial charge in [0, 0.05) is 19.9 Å². The summed E-state index contributed by atoms with van der Waals surface area (Å²) in [6.07, 6.45) is 0. The van der Waals surface area contributed by atoms with E-state index >= 15 is 0 Å². The van der Waals surface area contributed by atoms with Crippen LogP contribution >= 0.6 is 31.9 Å². The zero-order valence-corrected chi connectivity index (χ0v) is 21.3. The first-order chi connectivity index (χ1) is 16.7. The van der Waals surface area contributed by atoms with Crippen LogP contribution in [0.5, 0.6) is 5.75 Å². The molecule has 0 radical (unpaired) electrons. The lowest BCUT2D eigenvalue weighted by Gasteiger charge is -2.14. The Kier molecular flexibility index (Phi) is 5.55. The van der Waals surface area contributed by atoms with Crippen LogP contribution in [-0.4, -0.2) is 14.5 Å². The molecule has 0 bridgehead atoms. The summed E-state index contributed by atoms with van der Waals surface area (Å²) in [7, 11) is 0. The van der Waals surface area contributed by atoms with E-state index in [-0.39, 0.29) is 0 Å². The van der Waals surface area contributed by atoms with Gasteiger partial charge < -0.3 is 9.30 Å². The van der Waals surface area contributed by atoms with E-state index in [9.17, 15) is 0 Å². The first kappa shape index (κ1) is 21.3. The van der Waals surface area contributed by atoms with Crippen molar-refractivity contribution in [3.05, 3.63) is 111 Å². The molecule has 0 fully saturated rings. The van der Waals surface area contributed by atoms with Gasteiger partial charge in [-0.1, -0.05) is 76.6 Å². The topological polar surface area (TPSA) is 39.9 Å². The Morgan fingerprint density at radius 1 is 0.765 bits per heavy atom. The molecule has 0 unspecified atom stereocenters. The van der Waals surface area contributed by atoms with Crippen molar-refractivity contribution in [2.45, 2.75) is 13.2 Å². The Morgan fingerprint density at radius 2 is 1.47 bits per heavy atom. The summed E-state index contributed by atoms with van der Waals surface area (Å²) in [5, 5.41) is 1.05. The quantitative estimate of drug-likeness (QED) is 0.211. The van der Waals surface area contributed by atoms with Gasteiger partial charge in [-0.2, -0.15) is 0 Å². The predicted octanol–water partition coefficient (Wildman–Crippen LogP) is 7.89. The molecular weight excluding hydrogens is 554 g/mol. The minimum Gasteiger partial charge on any atom is -0.489 e. The minimum absolute atomic E-state index is 0.520. The van der Waals surface area contributed by atoms with Crippen molar-refractivity contribution in [1.29, 1.82) is 0 Å². The monoisotopic (exact) mass is 571 g/mol. The molecule has 0 aliphatic rings. The van der Waals surface area contributed by atoms with Crippen LogP contribution in [-0.2, 0) is 13.2 Å². The minimum atomic E-state index is 0.520. The largest absolute Gasteiger partial charge is 0.489 e. The van der Waals surface area contributed by atoms with E-state index in [1.165, 1.54) is 0 Å². The molecule has 6 rings (SSSR count). The predicted molar refractivity (Wildman–Crippen MR) is 144 cm³/mol. The van der Waals surface area contributed by atoms with Gasteiger partial charge in [0.2, 0.25) is 0 Å². The second-order valence-corrected chi connectivity index (χ2v) is 9.91. The van der Waals surface area contributed by atoms with Crippen molar-refractivity contribution in [3.63, 3.8) is 0 Å². The number of benzene rings is 4. The van der Waals surface area contributed by atoms with Crippen LogP contribution in [0.4, 0.5) is 0 Å². The molecule has 34 heavy (non-hydrogen) atoms. The molecule has 2 aromatic heterocycles. The number of halogens is 2. The summed E-state index contributed by atoms with van der Waals surface area (Å²) in [6.45, 7) is 1.13. The van der Waals surface area contributed by atoms with Crippen molar-refractivity contribution in [2.75, 3.05) is 0 Å². The number of fused-ring (bicyclic) bond motifs is 4. The number of hydrogen-bond donors (Lipinski definition) is 0. The maximum Gasteiger partial charge on any atom is 0.160 e. The molecule has 4 nitrogen and oxygen atoms in total. The molecule has 0 saturated carbocycles. The highest BCUT2D eigenvalue weighted by Gasteiger charge is 2.19. The van der Waals surface area contributed by atoms with Crippen LogP contribution in [0, 0.1) is 0 Å². The van der Waals surface area contributed by atoms with Gasteiger partial charge in [0.15, 0.2) is 5.65 Å². The summed E-state index contributed by atoms with van der Waals surface area (Å²) in [5.41, 5.74) is 6.79. The van der Waals surface area contributed by atoms with E-state index in [2.05, 4.69) is 66.8 Å². The fraction of sp³-hybridized carbons (Fsp3) is 0.0714. The molecule has 6 heteroatoms. The van der Waals surface area contributed by atoms with E-state index < -0.39 is 0 Å². The Labute approximate surface area is 213 Å². The van der Waals surface area contributed by atoms with Crippen LogP contribution in [0.15, 0.2) is 99.9 Å². The van der Waals surface area contributed by atoms with Gasteiger partial charge in [0.1, 0.15) is 17.9 Å². The summed E-state index contributed by atoms with van der Waals surface area (Å²) < 4.78 is 10.5. The highest BCUT2D eigenvalue weighted by atomic mass is 79.9. The number of para-hydroxylation sites is 3. The van der Waals surface area contributed by atoms with Crippen LogP contribution in [0.25, 0.3) is 33.1 Å². The number of ether oxygens (including phenoxy) is 1. The van der Waals surface area contributed by atoms with E-state index in [0.29, 0.717) is 13.2 Å². The van der Waals surface area contributed by atoms with Gasteiger partial charge in [-0.25, -0.2) is 9.97 Å². The number of nitrogens with zero attached hydrogens (tertiary/aromatic N) is 3. The molecule has 0 spiro atoms. The Bertz CT molecular complexity index is 1660. The van der Waals surface area contributed by atoms with Crippen LogP contribution < -0.4 is 4.74 Å². The smallest absolute Gasteiger partial charge is 0.160 e. The third kappa shape index (κ3) is 3.87. The Balaban J connectivity index is 1.50. The van der Waals surface area contributed by atoms with Crippen LogP contribution in [0.2, 0.25) is 0 Å². The van der Waals surface area contributed by atoms with Crippen molar-refractivity contribution in [3.8, 4) is 5.75 Å². The Morgan fingerprint density at radius 3 is 2.29 bits per heavy atom. The molecule has 166 valence electrons. The maximum absolute atomic E-state index is 6.25. The zero-order chi connectivity index (χ0) is 23.1. The molecule has 0 amide bonds. The highest BCUT2D eigenvalue weighted by Crippen LogP contribution is 2.36. The van der Waals surface area contributed by atoms with Crippen LogP contribution in [0.3, 0.4) is 0 Å². The fourth-order valence-corrected chi connectivity index (χ4v) is 5.76. The third-order valence-electron chi connectivity index (χ3n) is 5.90. The molecule has 0 aliphatic heterocycles. The number of rotatable bonds is 5. The van der Waals surface area contributed by atoms with Crippen molar-refractivity contribution in [2.24, 2.45) is 0 Å². The molecule has 2 heterocycles. The van der Waals surface area contributed by atoms with E-state index in [1.54, 1.807) is 0 Å². The summed E-state index contributed by atoms with van der Waals surface area (Å²) >= 11 is 7.43. The van der Waals surface area contributed by atoms with E-state index in [0.717, 1.165) is 58.9 Å². The second-order valence-electron chi connectivity index (χ2n) is 8.14. The van der Waals surface area contributed by atoms with Gasteiger partial charge in [-0.15, -0.1) is 0 Å². The lowest BCUT2D eigenvalue weighted by atomic mass is 10.2. The average Bonchev–Trinajstić information content (AvgIpc) is 3.15. The molecular formula is C28H19Br2N3O. The molecule has 4 aromatic carbocycles. The maximum atomic E-state index is 6.25. The van der Waals surface area contributed by atoms with Crippen LogP contribution in [0.1, 0.15) is 11.1 Å². The van der Waals surface area contributed by atoms with Gasteiger partial charge >= 0.3 is 0 Å². The zero-order valence-electron chi connectivity index (χ0n) is 18.1. The van der Waals surface area contributed by atoms with Crippen molar-refractivity contribution < 1.29 is 4.74 Å². The molecule has 6 aromatic rings. The molecule has 0 aliphatic carbocycles. The van der Waals surface area contributed by atoms with Crippen molar-refractivity contribution in [1.82, 2.24) is 14.5 Å². The van der Waals surface area contributed by atoms with Gasteiger partial charge in [-0.05, 0) is 51.8 Å². The molecule has 0 atom stereocenters. The second kappa shape index (κ2) is 8.85. The first-order valence-electron chi connectivity index (χ1n) is 11.0. The average molecular weight is 573 g/mol. The van der Waals surface area contributed by atoms with E-state index in [1.807, 2.05) is 60.7 Å². The molecule has 0 saturated heterocycles. The van der Waals surface area contributed by atoms with E-state index in [4.69, 9.17) is 14.7 Å². The third-order valence-corrected chi connectivity index (χ3v) is 6.96. The number of aromatic nitrogens is 3. The van der Waals surface area contributed by atoms with Crippen molar-refractivity contribution >= 4 is 65.0 Å².